The number of nitrogens with zero attached hydrogens (tertiary/aromatic N) is 1. The molecule has 116 valence electrons. The third-order valence-electron chi connectivity index (χ3n) is 3.24. The van der Waals surface area contributed by atoms with Gasteiger partial charge in [-0.05, 0) is 49.0 Å². The van der Waals surface area contributed by atoms with Crippen molar-refractivity contribution in [1.29, 1.82) is 0 Å². The molecule has 0 bridgehead atoms. The van der Waals surface area contributed by atoms with Gasteiger partial charge in [-0.2, -0.15) is 0 Å². The average Bonchev–Trinajstić information content (AvgIpc) is 2.52. The maximum Gasteiger partial charge on any atom is 0.170 e. The van der Waals surface area contributed by atoms with Crippen LogP contribution in [0.1, 0.15) is 6.42 Å². The SMILES string of the molecule is CN(CCCNC(=S)Nc1cccc(Br)c1)c1ccccc1. The zero-order chi connectivity index (χ0) is 15.8. The van der Waals surface area contributed by atoms with Crippen molar-refractivity contribution in [3.63, 3.8) is 0 Å². The smallest absolute Gasteiger partial charge is 0.170 e. The fourth-order valence-corrected chi connectivity index (χ4v) is 2.69. The fraction of sp³-hybridized carbons (Fsp3) is 0.235. The first-order chi connectivity index (χ1) is 10.6. The first-order valence-electron chi connectivity index (χ1n) is 7.22. The lowest BCUT2D eigenvalue weighted by molar-refractivity contribution is 0.755. The number of anilines is 2. The Bertz CT molecular complexity index is 604. The summed E-state index contributed by atoms with van der Waals surface area (Å²) in [6.45, 7) is 1.83. The predicted molar refractivity (Wildman–Crippen MR) is 103 cm³/mol. The van der Waals surface area contributed by atoms with Crippen LogP contribution in [0.5, 0.6) is 0 Å². The number of rotatable bonds is 6. The Kier molecular flexibility index (Phi) is 6.68. The molecule has 3 nitrogen and oxygen atoms in total. The van der Waals surface area contributed by atoms with Crippen molar-refractivity contribution >= 4 is 44.6 Å². The second-order valence-corrected chi connectivity index (χ2v) is 6.33. The second-order valence-electron chi connectivity index (χ2n) is 5.00. The number of halogens is 1. The zero-order valence-corrected chi connectivity index (χ0v) is 15.0. The Morgan fingerprint density at radius 1 is 1.14 bits per heavy atom. The van der Waals surface area contributed by atoms with Crippen LogP contribution in [0.2, 0.25) is 0 Å². The van der Waals surface area contributed by atoms with Crippen molar-refractivity contribution in [1.82, 2.24) is 5.32 Å². The molecule has 2 N–H and O–H groups in total. The van der Waals surface area contributed by atoms with Crippen molar-refractivity contribution in [2.75, 3.05) is 30.4 Å². The van der Waals surface area contributed by atoms with Gasteiger partial charge >= 0.3 is 0 Å². The molecule has 5 heteroatoms. The molecule has 22 heavy (non-hydrogen) atoms. The molecule has 0 aliphatic rings. The largest absolute Gasteiger partial charge is 0.375 e. The average molecular weight is 378 g/mol. The Hall–Kier alpha value is -1.59. The van der Waals surface area contributed by atoms with E-state index in [1.54, 1.807) is 0 Å². The number of thiocarbonyl (C=S) groups is 1. The summed E-state index contributed by atoms with van der Waals surface area (Å²) in [5.74, 6) is 0. The molecule has 0 heterocycles. The van der Waals surface area contributed by atoms with Gasteiger partial charge in [-0.3, -0.25) is 0 Å². The maximum absolute atomic E-state index is 5.30. The molecule has 0 amide bonds. The van der Waals surface area contributed by atoms with Crippen LogP contribution >= 0.6 is 28.1 Å². The molecule has 0 aliphatic carbocycles. The molecule has 0 atom stereocenters. The summed E-state index contributed by atoms with van der Waals surface area (Å²) in [5.41, 5.74) is 2.21. The van der Waals surface area contributed by atoms with Gasteiger partial charge in [-0.15, -0.1) is 0 Å². The van der Waals surface area contributed by atoms with Gasteiger partial charge in [0, 0.05) is 36.0 Å². The first-order valence-corrected chi connectivity index (χ1v) is 8.42. The van der Waals surface area contributed by atoms with E-state index in [2.05, 4.69) is 62.8 Å². The minimum atomic E-state index is 0.653. The normalized spacial score (nSPS) is 10.1. The Balaban J connectivity index is 1.67. The lowest BCUT2D eigenvalue weighted by atomic mass is 10.3. The minimum absolute atomic E-state index is 0.653. The van der Waals surface area contributed by atoms with Gasteiger partial charge in [0.2, 0.25) is 0 Å². The van der Waals surface area contributed by atoms with Crippen LogP contribution in [0.4, 0.5) is 11.4 Å². The van der Waals surface area contributed by atoms with E-state index < -0.39 is 0 Å². The van der Waals surface area contributed by atoms with E-state index in [0.717, 1.165) is 29.7 Å². The molecule has 0 radical (unpaired) electrons. The number of para-hydroxylation sites is 1. The summed E-state index contributed by atoms with van der Waals surface area (Å²) in [6, 6.07) is 18.3. The maximum atomic E-state index is 5.30. The van der Waals surface area contributed by atoms with E-state index in [9.17, 15) is 0 Å². The summed E-state index contributed by atoms with van der Waals surface area (Å²) in [7, 11) is 2.10. The summed E-state index contributed by atoms with van der Waals surface area (Å²) >= 11 is 8.75. The Labute approximate surface area is 145 Å². The van der Waals surface area contributed by atoms with E-state index in [4.69, 9.17) is 12.2 Å². The van der Waals surface area contributed by atoms with Crippen LogP contribution in [-0.4, -0.2) is 25.2 Å². The van der Waals surface area contributed by atoms with Crippen LogP contribution < -0.4 is 15.5 Å². The molecule has 0 saturated carbocycles. The van der Waals surface area contributed by atoms with Crippen molar-refractivity contribution in [3.05, 3.63) is 59.1 Å². The molecule has 0 aromatic heterocycles. The van der Waals surface area contributed by atoms with Crippen LogP contribution in [0.3, 0.4) is 0 Å². The van der Waals surface area contributed by atoms with Gasteiger partial charge in [0.15, 0.2) is 5.11 Å². The zero-order valence-electron chi connectivity index (χ0n) is 12.6. The summed E-state index contributed by atoms with van der Waals surface area (Å²) in [6.07, 6.45) is 1.02. The lowest BCUT2D eigenvalue weighted by Crippen LogP contribution is -2.31. The van der Waals surface area contributed by atoms with Crippen LogP contribution in [-0.2, 0) is 0 Å². The predicted octanol–water partition coefficient (Wildman–Crippen LogP) is 4.26. The van der Waals surface area contributed by atoms with Crippen molar-refractivity contribution in [2.45, 2.75) is 6.42 Å². The molecule has 0 saturated heterocycles. The molecule has 2 aromatic carbocycles. The van der Waals surface area contributed by atoms with E-state index >= 15 is 0 Å². The Morgan fingerprint density at radius 3 is 2.64 bits per heavy atom. The summed E-state index contributed by atoms with van der Waals surface area (Å²) in [5, 5.41) is 7.07. The summed E-state index contributed by atoms with van der Waals surface area (Å²) < 4.78 is 1.03. The minimum Gasteiger partial charge on any atom is -0.375 e. The van der Waals surface area contributed by atoms with Crippen LogP contribution in [0, 0.1) is 0 Å². The highest BCUT2D eigenvalue weighted by Crippen LogP contribution is 2.15. The number of benzene rings is 2. The summed E-state index contributed by atoms with van der Waals surface area (Å²) in [4.78, 5) is 2.24. The fourth-order valence-electron chi connectivity index (χ4n) is 2.07. The monoisotopic (exact) mass is 377 g/mol. The van der Waals surface area contributed by atoms with Gasteiger partial charge in [-0.1, -0.05) is 40.2 Å². The lowest BCUT2D eigenvalue weighted by Gasteiger charge is -2.19. The van der Waals surface area contributed by atoms with Gasteiger partial charge in [0.1, 0.15) is 0 Å². The third kappa shape index (κ3) is 5.66. The quantitative estimate of drug-likeness (QED) is 0.580. The molecule has 0 unspecified atom stereocenters. The van der Waals surface area contributed by atoms with Gasteiger partial charge in [0.25, 0.3) is 0 Å². The molecule has 2 aromatic rings. The van der Waals surface area contributed by atoms with Gasteiger partial charge < -0.3 is 15.5 Å². The highest BCUT2D eigenvalue weighted by molar-refractivity contribution is 9.10. The topological polar surface area (TPSA) is 27.3 Å². The highest BCUT2D eigenvalue weighted by Gasteiger charge is 2.01. The molecule has 0 spiro atoms. The Morgan fingerprint density at radius 2 is 1.91 bits per heavy atom. The van der Waals surface area contributed by atoms with Crippen LogP contribution in [0.25, 0.3) is 0 Å². The third-order valence-corrected chi connectivity index (χ3v) is 3.97. The number of hydrogen-bond donors (Lipinski definition) is 2. The standard InChI is InChI=1S/C17H20BrN3S/c1-21(16-9-3-2-4-10-16)12-6-11-19-17(22)20-15-8-5-7-14(18)13-15/h2-5,7-10,13H,6,11-12H2,1H3,(H2,19,20,22). The van der Waals surface area contributed by atoms with Crippen LogP contribution in [0.15, 0.2) is 59.1 Å². The molecule has 0 fully saturated rings. The highest BCUT2D eigenvalue weighted by atomic mass is 79.9. The van der Waals surface area contributed by atoms with E-state index in [-0.39, 0.29) is 0 Å². The van der Waals surface area contributed by atoms with Gasteiger partial charge in [0.05, 0.1) is 0 Å². The number of hydrogen-bond acceptors (Lipinski definition) is 2. The van der Waals surface area contributed by atoms with E-state index in [1.165, 1.54) is 5.69 Å². The van der Waals surface area contributed by atoms with Crippen molar-refractivity contribution in [2.24, 2.45) is 0 Å². The van der Waals surface area contributed by atoms with Crippen molar-refractivity contribution < 1.29 is 0 Å². The first kappa shape index (κ1) is 16.8. The molecular formula is C17H20BrN3S. The molecule has 0 aliphatic heterocycles. The van der Waals surface area contributed by atoms with E-state index in [0.29, 0.717) is 5.11 Å². The van der Waals surface area contributed by atoms with Crippen molar-refractivity contribution in [3.8, 4) is 0 Å². The molecule has 2 rings (SSSR count). The molecular weight excluding hydrogens is 358 g/mol. The van der Waals surface area contributed by atoms with Gasteiger partial charge in [-0.25, -0.2) is 0 Å². The van der Waals surface area contributed by atoms with E-state index in [1.807, 2.05) is 30.3 Å². The second kappa shape index (κ2) is 8.76. The number of nitrogens with one attached hydrogen (secondary N) is 2.